The Morgan fingerprint density at radius 2 is 1.97 bits per heavy atom. The van der Waals surface area contributed by atoms with Crippen LogP contribution in [0.1, 0.15) is 31.5 Å². The first-order chi connectivity index (χ1) is 17.0. The predicted octanol–water partition coefficient (Wildman–Crippen LogP) is 3.64. The van der Waals surface area contributed by atoms with Crippen molar-refractivity contribution in [1.29, 1.82) is 0 Å². The Morgan fingerprint density at radius 3 is 2.69 bits per heavy atom. The van der Waals surface area contributed by atoms with Crippen molar-refractivity contribution in [3.8, 4) is 11.5 Å². The van der Waals surface area contributed by atoms with E-state index < -0.39 is 6.04 Å². The molecular formula is C24H24N8O3. The summed E-state index contributed by atoms with van der Waals surface area (Å²) in [5.74, 6) is 0.976. The van der Waals surface area contributed by atoms with Gasteiger partial charge in [-0.25, -0.2) is 4.98 Å². The number of nitrogens with one attached hydrogen (secondary N) is 3. The molecular weight excluding hydrogens is 448 g/mol. The van der Waals surface area contributed by atoms with Gasteiger partial charge in [0.2, 0.25) is 5.95 Å². The number of hydrogen-bond donors (Lipinski definition) is 4. The molecule has 1 atom stereocenters. The number of aliphatic hydroxyl groups excluding tert-OH is 1. The topological polar surface area (TPSA) is 147 Å². The quantitative estimate of drug-likeness (QED) is 0.266. The van der Waals surface area contributed by atoms with Gasteiger partial charge in [0, 0.05) is 17.9 Å². The minimum atomic E-state index is -0.419. The van der Waals surface area contributed by atoms with E-state index >= 15 is 0 Å². The van der Waals surface area contributed by atoms with Crippen LogP contribution in [0.4, 0.5) is 17.5 Å². The maximum atomic E-state index is 12.2. The second-order valence-corrected chi connectivity index (χ2v) is 8.25. The normalized spacial score (nSPS) is 12.2. The summed E-state index contributed by atoms with van der Waals surface area (Å²) in [5, 5.41) is 23.6. The number of nitrogens with zero attached hydrogens (tertiary/aromatic N) is 5. The molecule has 3 aromatic heterocycles. The second-order valence-electron chi connectivity index (χ2n) is 8.25. The van der Waals surface area contributed by atoms with Crippen molar-refractivity contribution in [2.45, 2.75) is 25.9 Å². The minimum Gasteiger partial charge on any atom is -0.394 e. The molecule has 0 unspecified atom stereocenters. The molecule has 0 aliphatic rings. The van der Waals surface area contributed by atoms with Crippen LogP contribution in [0.2, 0.25) is 0 Å². The summed E-state index contributed by atoms with van der Waals surface area (Å²) in [5.41, 5.74) is 2.74. The number of aromatic amines is 1. The van der Waals surface area contributed by atoms with E-state index in [1.54, 1.807) is 18.3 Å². The molecule has 0 amide bonds. The molecule has 0 aliphatic heterocycles. The SMILES string of the molecule is CC(C)n1[nH]c(=O)c2ccc(Nc3ncc(-c4ncno4)c(N[C@H](CO)c4ccccc4)n3)cc21. The molecule has 0 aliphatic carbocycles. The van der Waals surface area contributed by atoms with Gasteiger partial charge < -0.3 is 20.3 Å². The predicted molar refractivity (Wildman–Crippen MR) is 131 cm³/mol. The summed E-state index contributed by atoms with van der Waals surface area (Å²) in [7, 11) is 0. The average molecular weight is 473 g/mol. The van der Waals surface area contributed by atoms with Gasteiger partial charge >= 0.3 is 0 Å². The maximum absolute atomic E-state index is 12.2. The molecule has 0 saturated carbocycles. The third-order valence-corrected chi connectivity index (χ3v) is 5.57. The second kappa shape index (κ2) is 9.39. The van der Waals surface area contributed by atoms with Gasteiger partial charge in [0.05, 0.1) is 23.6 Å². The maximum Gasteiger partial charge on any atom is 0.271 e. The molecule has 11 heteroatoms. The molecule has 4 N–H and O–H groups in total. The van der Waals surface area contributed by atoms with Crippen LogP contribution in [0, 0.1) is 0 Å². The fourth-order valence-electron chi connectivity index (χ4n) is 3.85. The first-order valence-corrected chi connectivity index (χ1v) is 11.1. The van der Waals surface area contributed by atoms with Crippen LogP contribution in [0.15, 0.2) is 70.4 Å². The number of aliphatic hydroxyl groups is 1. The molecule has 3 heterocycles. The van der Waals surface area contributed by atoms with Gasteiger partial charge in [-0.05, 0) is 37.6 Å². The van der Waals surface area contributed by atoms with Crippen molar-refractivity contribution in [3.63, 3.8) is 0 Å². The van der Waals surface area contributed by atoms with Gasteiger partial charge in [-0.1, -0.05) is 35.5 Å². The van der Waals surface area contributed by atoms with E-state index in [0.717, 1.165) is 11.1 Å². The largest absolute Gasteiger partial charge is 0.394 e. The summed E-state index contributed by atoms with van der Waals surface area (Å²) < 4.78 is 7.05. The molecule has 11 nitrogen and oxygen atoms in total. The smallest absolute Gasteiger partial charge is 0.271 e. The van der Waals surface area contributed by atoms with Crippen molar-refractivity contribution in [3.05, 3.63) is 77.0 Å². The summed E-state index contributed by atoms with van der Waals surface area (Å²) in [6.45, 7) is 3.84. The van der Waals surface area contributed by atoms with Crippen LogP contribution in [-0.4, -0.2) is 41.6 Å². The van der Waals surface area contributed by atoms with Gasteiger partial charge in [-0.3, -0.25) is 14.6 Å². The number of anilines is 3. The highest BCUT2D eigenvalue weighted by molar-refractivity contribution is 5.83. The van der Waals surface area contributed by atoms with Crippen molar-refractivity contribution >= 4 is 28.4 Å². The molecule has 5 rings (SSSR count). The third-order valence-electron chi connectivity index (χ3n) is 5.57. The third kappa shape index (κ3) is 4.49. The summed E-state index contributed by atoms with van der Waals surface area (Å²) in [4.78, 5) is 25.4. The summed E-state index contributed by atoms with van der Waals surface area (Å²) in [6.07, 6.45) is 2.87. The highest BCUT2D eigenvalue weighted by atomic mass is 16.5. The molecule has 0 radical (unpaired) electrons. The molecule has 0 saturated heterocycles. The Bertz CT molecular complexity index is 1490. The fourth-order valence-corrected chi connectivity index (χ4v) is 3.85. The molecule has 0 spiro atoms. The molecule has 5 aromatic rings. The van der Waals surface area contributed by atoms with Crippen molar-refractivity contribution < 1.29 is 9.63 Å². The van der Waals surface area contributed by atoms with Crippen LogP contribution in [0.5, 0.6) is 0 Å². The number of aromatic nitrogens is 6. The lowest BCUT2D eigenvalue weighted by atomic mass is 10.1. The Morgan fingerprint density at radius 1 is 1.14 bits per heavy atom. The number of rotatable bonds is 8. The van der Waals surface area contributed by atoms with E-state index in [2.05, 4.69) is 35.8 Å². The molecule has 35 heavy (non-hydrogen) atoms. The van der Waals surface area contributed by atoms with E-state index in [-0.39, 0.29) is 24.1 Å². The molecule has 0 bridgehead atoms. The lowest BCUT2D eigenvalue weighted by Gasteiger charge is -2.19. The number of hydrogen-bond acceptors (Lipinski definition) is 9. The van der Waals surface area contributed by atoms with Gasteiger partial charge in [-0.2, -0.15) is 9.97 Å². The van der Waals surface area contributed by atoms with E-state index in [4.69, 9.17) is 4.52 Å². The minimum absolute atomic E-state index is 0.0876. The first-order valence-electron chi connectivity index (χ1n) is 11.1. The Balaban J connectivity index is 1.51. The zero-order chi connectivity index (χ0) is 24.4. The zero-order valence-electron chi connectivity index (χ0n) is 19.1. The van der Waals surface area contributed by atoms with E-state index in [9.17, 15) is 9.90 Å². The Kier molecular flexibility index (Phi) is 5.98. The number of benzene rings is 2. The van der Waals surface area contributed by atoms with Gasteiger partial charge in [-0.15, -0.1) is 0 Å². The highest BCUT2D eigenvalue weighted by Gasteiger charge is 2.19. The van der Waals surface area contributed by atoms with E-state index in [0.29, 0.717) is 28.4 Å². The van der Waals surface area contributed by atoms with Crippen molar-refractivity contribution in [2.75, 3.05) is 17.2 Å². The molecule has 2 aromatic carbocycles. The lowest BCUT2D eigenvalue weighted by Crippen LogP contribution is -2.17. The summed E-state index contributed by atoms with van der Waals surface area (Å²) in [6, 6.07) is 14.6. The van der Waals surface area contributed by atoms with Crippen molar-refractivity contribution in [1.82, 2.24) is 29.9 Å². The zero-order valence-corrected chi connectivity index (χ0v) is 19.1. The fraction of sp³-hybridized carbons (Fsp3) is 0.208. The molecule has 178 valence electrons. The van der Waals surface area contributed by atoms with Crippen LogP contribution >= 0.6 is 0 Å². The monoisotopic (exact) mass is 472 g/mol. The Hall–Kier alpha value is -4.51. The van der Waals surface area contributed by atoms with Gasteiger partial charge in [0.1, 0.15) is 11.4 Å². The Labute approximate surface area is 199 Å². The van der Waals surface area contributed by atoms with Crippen LogP contribution in [0.3, 0.4) is 0 Å². The van der Waals surface area contributed by atoms with E-state index in [1.807, 2.05) is 54.9 Å². The lowest BCUT2D eigenvalue weighted by molar-refractivity contribution is 0.276. The highest BCUT2D eigenvalue weighted by Crippen LogP contribution is 2.29. The van der Waals surface area contributed by atoms with Crippen molar-refractivity contribution in [2.24, 2.45) is 0 Å². The van der Waals surface area contributed by atoms with Gasteiger partial charge in [0.15, 0.2) is 6.33 Å². The van der Waals surface area contributed by atoms with Crippen LogP contribution < -0.4 is 16.2 Å². The molecule has 0 fully saturated rings. The van der Waals surface area contributed by atoms with Crippen LogP contribution in [0.25, 0.3) is 22.4 Å². The van der Waals surface area contributed by atoms with Crippen LogP contribution in [-0.2, 0) is 0 Å². The first kappa shape index (κ1) is 22.3. The van der Waals surface area contributed by atoms with E-state index in [1.165, 1.54) is 6.33 Å². The average Bonchev–Trinajstić information content (AvgIpc) is 3.51. The number of fused-ring (bicyclic) bond motifs is 1. The van der Waals surface area contributed by atoms with Gasteiger partial charge in [0.25, 0.3) is 11.4 Å². The number of H-pyrrole nitrogens is 1. The standard InChI is InChI=1S/C24H24N8O3/c1-14(2)32-20-10-16(8-9-17(20)22(34)31-32)28-24-25-11-18(23-26-13-27-35-23)21(30-24)29-19(12-33)15-6-4-3-5-7-15/h3-11,13-14,19,33H,12H2,1-2H3,(H,31,34)(H2,25,28,29,30)/t19-/m1/s1. The summed E-state index contributed by atoms with van der Waals surface area (Å²) >= 11 is 0.